The second-order valence-electron chi connectivity index (χ2n) is 4.26. The van der Waals surface area contributed by atoms with Gasteiger partial charge in [0.2, 0.25) is 0 Å². The molecule has 20 heavy (non-hydrogen) atoms. The van der Waals surface area contributed by atoms with Crippen LogP contribution in [0.4, 0.5) is 23.2 Å². The molecule has 0 aliphatic carbocycles. The van der Waals surface area contributed by atoms with Gasteiger partial charge in [-0.1, -0.05) is 0 Å². The summed E-state index contributed by atoms with van der Waals surface area (Å²) in [6, 6.07) is 4.31. The van der Waals surface area contributed by atoms with Gasteiger partial charge in [0.15, 0.2) is 0 Å². The maximum absolute atomic E-state index is 13.7. The Bertz CT molecular complexity index is 658. The van der Waals surface area contributed by atoms with Gasteiger partial charge in [-0.2, -0.15) is 0 Å². The monoisotopic (exact) mass is 347 g/mol. The quantitative estimate of drug-likeness (QED) is 0.613. The van der Waals surface area contributed by atoms with Crippen LogP contribution < -0.4 is 5.32 Å². The van der Waals surface area contributed by atoms with Crippen molar-refractivity contribution >= 4 is 21.6 Å². The van der Waals surface area contributed by atoms with E-state index in [-0.39, 0.29) is 27.8 Å². The summed E-state index contributed by atoms with van der Waals surface area (Å²) in [5.74, 6) is -2.81. The third-order valence-electron chi connectivity index (χ3n) is 2.84. The van der Waals surface area contributed by atoms with E-state index in [0.29, 0.717) is 0 Å². The normalized spacial score (nSPS) is 10.7. The van der Waals surface area contributed by atoms with Gasteiger partial charge in [-0.05, 0) is 46.6 Å². The standard InChI is InChI=1S/C14H10BrF4N/c1-7-4-12(18)13(5-11(7)17)20-6-8-10(16)3-2-9(15)14(8)19/h2-5,20H,6H2,1H3. The van der Waals surface area contributed by atoms with Crippen LogP contribution in [0.3, 0.4) is 0 Å². The van der Waals surface area contributed by atoms with E-state index in [1.165, 1.54) is 13.0 Å². The number of anilines is 1. The minimum Gasteiger partial charge on any atom is -0.378 e. The number of hydrogen-bond acceptors (Lipinski definition) is 1. The SMILES string of the molecule is Cc1cc(F)c(NCc2c(F)ccc(Br)c2F)cc1F. The summed E-state index contributed by atoms with van der Waals surface area (Å²) < 4.78 is 54.3. The molecule has 1 N–H and O–H groups in total. The molecule has 0 radical (unpaired) electrons. The Kier molecular flexibility index (Phi) is 4.32. The summed E-state index contributed by atoms with van der Waals surface area (Å²) in [7, 11) is 0. The van der Waals surface area contributed by atoms with Crippen molar-refractivity contribution in [3.8, 4) is 0 Å². The van der Waals surface area contributed by atoms with Crippen LogP contribution in [0.15, 0.2) is 28.7 Å². The lowest BCUT2D eigenvalue weighted by atomic mass is 10.1. The van der Waals surface area contributed by atoms with Crippen LogP contribution in [0, 0.1) is 30.2 Å². The zero-order valence-corrected chi connectivity index (χ0v) is 12.0. The van der Waals surface area contributed by atoms with Gasteiger partial charge in [0.25, 0.3) is 0 Å². The van der Waals surface area contributed by atoms with E-state index in [4.69, 9.17) is 0 Å². The molecule has 2 aromatic carbocycles. The van der Waals surface area contributed by atoms with Gasteiger partial charge in [0.05, 0.1) is 10.2 Å². The minimum atomic E-state index is -0.773. The summed E-state index contributed by atoms with van der Waals surface area (Å²) in [4.78, 5) is 0. The highest BCUT2D eigenvalue weighted by molar-refractivity contribution is 9.10. The molecular weight excluding hydrogens is 338 g/mol. The molecule has 0 aromatic heterocycles. The van der Waals surface area contributed by atoms with E-state index in [2.05, 4.69) is 21.2 Å². The zero-order valence-electron chi connectivity index (χ0n) is 10.4. The molecule has 0 saturated carbocycles. The molecule has 106 valence electrons. The smallest absolute Gasteiger partial charge is 0.146 e. The molecule has 0 amide bonds. The molecule has 0 spiro atoms. The molecule has 0 atom stereocenters. The van der Waals surface area contributed by atoms with Gasteiger partial charge in [-0.25, -0.2) is 17.6 Å². The summed E-state index contributed by atoms with van der Waals surface area (Å²) >= 11 is 2.94. The molecule has 0 fully saturated rings. The van der Waals surface area contributed by atoms with Crippen molar-refractivity contribution < 1.29 is 17.6 Å². The van der Waals surface area contributed by atoms with Crippen LogP contribution in [0.1, 0.15) is 11.1 Å². The zero-order chi connectivity index (χ0) is 14.9. The Balaban J connectivity index is 2.26. The largest absolute Gasteiger partial charge is 0.378 e. The fraction of sp³-hybridized carbons (Fsp3) is 0.143. The second kappa shape index (κ2) is 5.83. The van der Waals surface area contributed by atoms with E-state index in [1.54, 1.807) is 0 Å². The number of halogens is 5. The van der Waals surface area contributed by atoms with E-state index < -0.39 is 23.3 Å². The fourth-order valence-electron chi connectivity index (χ4n) is 1.70. The van der Waals surface area contributed by atoms with Crippen LogP contribution in [0.5, 0.6) is 0 Å². The molecule has 2 aromatic rings. The van der Waals surface area contributed by atoms with Crippen LogP contribution in [-0.2, 0) is 6.54 Å². The third-order valence-corrected chi connectivity index (χ3v) is 3.46. The van der Waals surface area contributed by atoms with Gasteiger partial charge in [-0.3, -0.25) is 0 Å². The number of aryl methyl sites for hydroxylation is 1. The number of rotatable bonds is 3. The molecule has 0 aliphatic heterocycles. The van der Waals surface area contributed by atoms with Gasteiger partial charge in [0, 0.05) is 18.2 Å². The predicted molar refractivity (Wildman–Crippen MR) is 72.5 cm³/mol. The van der Waals surface area contributed by atoms with Gasteiger partial charge < -0.3 is 5.32 Å². The molecule has 0 aliphatic rings. The summed E-state index contributed by atoms with van der Waals surface area (Å²) in [6.45, 7) is 1.13. The van der Waals surface area contributed by atoms with E-state index >= 15 is 0 Å². The lowest BCUT2D eigenvalue weighted by Crippen LogP contribution is -2.07. The first-order chi connectivity index (χ1) is 9.40. The highest BCUT2D eigenvalue weighted by Gasteiger charge is 2.13. The van der Waals surface area contributed by atoms with Crippen LogP contribution in [0.25, 0.3) is 0 Å². The van der Waals surface area contributed by atoms with Crippen LogP contribution in [0.2, 0.25) is 0 Å². The molecule has 0 unspecified atom stereocenters. The van der Waals surface area contributed by atoms with Crippen molar-refractivity contribution in [2.75, 3.05) is 5.32 Å². The van der Waals surface area contributed by atoms with Gasteiger partial charge >= 0.3 is 0 Å². The van der Waals surface area contributed by atoms with Crippen molar-refractivity contribution in [3.05, 3.63) is 63.1 Å². The van der Waals surface area contributed by atoms with E-state index in [0.717, 1.165) is 18.2 Å². The first-order valence-corrected chi connectivity index (χ1v) is 6.51. The third kappa shape index (κ3) is 2.95. The minimum absolute atomic E-state index is 0.103. The Morgan fingerprint density at radius 3 is 2.40 bits per heavy atom. The Morgan fingerprint density at radius 1 is 1.00 bits per heavy atom. The Labute approximate surface area is 121 Å². The van der Waals surface area contributed by atoms with Gasteiger partial charge in [0.1, 0.15) is 23.3 Å². The van der Waals surface area contributed by atoms with Crippen LogP contribution in [-0.4, -0.2) is 0 Å². The molecule has 2 rings (SSSR count). The molecule has 0 bridgehead atoms. The number of hydrogen-bond donors (Lipinski definition) is 1. The molecule has 6 heteroatoms. The van der Waals surface area contributed by atoms with Crippen molar-refractivity contribution in [1.82, 2.24) is 0 Å². The first kappa shape index (κ1) is 14.8. The maximum Gasteiger partial charge on any atom is 0.146 e. The fourth-order valence-corrected chi connectivity index (χ4v) is 2.07. The van der Waals surface area contributed by atoms with Crippen molar-refractivity contribution in [3.63, 3.8) is 0 Å². The molecule has 0 heterocycles. The number of benzene rings is 2. The second-order valence-corrected chi connectivity index (χ2v) is 5.11. The topological polar surface area (TPSA) is 12.0 Å². The van der Waals surface area contributed by atoms with Crippen molar-refractivity contribution in [2.45, 2.75) is 13.5 Å². The summed E-state index contributed by atoms with van der Waals surface area (Å²) in [5.41, 5.74) is -0.237. The van der Waals surface area contributed by atoms with Crippen molar-refractivity contribution in [1.29, 1.82) is 0 Å². The molecular formula is C14H10BrF4N. The average molecular weight is 348 g/mol. The lowest BCUT2D eigenvalue weighted by Gasteiger charge is -2.11. The average Bonchev–Trinajstić information content (AvgIpc) is 2.40. The first-order valence-electron chi connectivity index (χ1n) is 5.72. The number of nitrogens with one attached hydrogen (secondary N) is 1. The maximum atomic E-state index is 13.7. The molecule has 1 nitrogen and oxygen atoms in total. The predicted octanol–water partition coefficient (Wildman–Crippen LogP) is 4.93. The highest BCUT2D eigenvalue weighted by atomic mass is 79.9. The molecule has 0 saturated heterocycles. The summed E-state index contributed by atoms with van der Waals surface area (Å²) in [6.07, 6.45) is 0. The van der Waals surface area contributed by atoms with E-state index in [1.807, 2.05) is 0 Å². The lowest BCUT2D eigenvalue weighted by molar-refractivity contribution is 0.554. The highest BCUT2D eigenvalue weighted by Crippen LogP contribution is 2.24. The Hall–Kier alpha value is -1.56. The van der Waals surface area contributed by atoms with Crippen molar-refractivity contribution in [2.24, 2.45) is 0 Å². The summed E-state index contributed by atoms with van der Waals surface area (Å²) in [5, 5.41) is 2.49. The Morgan fingerprint density at radius 2 is 1.70 bits per heavy atom. The van der Waals surface area contributed by atoms with Gasteiger partial charge in [-0.15, -0.1) is 0 Å². The van der Waals surface area contributed by atoms with Crippen LogP contribution >= 0.6 is 15.9 Å². The van der Waals surface area contributed by atoms with E-state index in [9.17, 15) is 17.6 Å².